The van der Waals surface area contributed by atoms with Crippen LogP contribution in [0.5, 0.6) is 10.8 Å². The number of hydrogen-bond acceptors (Lipinski definition) is 5. The molecule has 1 aliphatic carbocycles. The van der Waals surface area contributed by atoms with Crippen molar-refractivity contribution < 1.29 is 14.3 Å². The van der Waals surface area contributed by atoms with Crippen LogP contribution < -0.4 is 14.8 Å². The molecule has 1 saturated carbocycles. The first-order valence-corrected chi connectivity index (χ1v) is 7.65. The van der Waals surface area contributed by atoms with Gasteiger partial charge in [-0.15, -0.1) is 0 Å². The summed E-state index contributed by atoms with van der Waals surface area (Å²) in [6.07, 6.45) is 5.12. The van der Waals surface area contributed by atoms with Gasteiger partial charge >= 0.3 is 0 Å². The van der Waals surface area contributed by atoms with Gasteiger partial charge in [0, 0.05) is 0 Å². The van der Waals surface area contributed by atoms with Gasteiger partial charge in [0.15, 0.2) is 10.2 Å². The van der Waals surface area contributed by atoms with Gasteiger partial charge in [-0.05, 0) is 31.4 Å². The van der Waals surface area contributed by atoms with Gasteiger partial charge in [-0.2, -0.15) is 0 Å². The second-order valence-electron chi connectivity index (χ2n) is 4.81. The number of ether oxygens (including phenoxy) is 2. The Morgan fingerprint density at radius 1 is 1.38 bits per heavy atom. The fourth-order valence-electron chi connectivity index (χ4n) is 2.00. The third-order valence-corrected chi connectivity index (χ3v) is 4.26. The molecule has 0 atom stereocenters. The van der Waals surface area contributed by atoms with Crippen molar-refractivity contribution in [2.45, 2.75) is 25.4 Å². The van der Waals surface area contributed by atoms with E-state index in [1.165, 1.54) is 17.8 Å². The number of para-hydroxylation sites is 1. The molecule has 1 aliphatic rings. The van der Waals surface area contributed by atoms with Crippen molar-refractivity contribution in [3.05, 3.63) is 36.0 Å². The van der Waals surface area contributed by atoms with E-state index in [1.807, 2.05) is 18.2 Å². The highest BCUT2D eigenvalue weighted by molar-refractivity contribution is 7.17. The highest BCUT2D eigenvalue weighted by Crippen LogP contribution is 2.29. The van der Waals surface area contributed by atoms with E-state index in [2.05, 4.69) is 10.3 Å². The molecule has 21 heavy (non-hydrogen) atoms. The number of carbonyl (C=O) groups excluding carboxylic acids is 1. The molecule has 0 radical (unpaired) electrons. The van der Waals surface area contributed by atoms with Crippen LogP contribution in [0.2, 0.25) is 0 Å². The van der Waals surface area contributed by atoms with Crippen LogP contribution in [0.15, 0.2) is 30.5 Å². The normalized spacial score (nSPS) is 14.3. The standard InChI is InChI=1S/C15H16N2O3S/c1-19-13-9-16-15(21-13)17-14(18)11-7-2-3-8-12(11)20-10-5-4-6-10/h2-3,7-10H,4-6H2,1H3,(H,16,17,18). The van der Waals surface area contributed by atoms with Gasteiger partial charge in [-0.25, -0.2) is 4.98 Å². The largest absolute Gasteiger partial charge is 0.490 e. The molecule has 5 nitrogen and oxygen atoms in total. The van der Waals surface area contributed by atoms with E-state index in [1.54, 1.807) is 19.4 Å². The molecule has 1 fully saturated rings. The number of aromatic nitrogens is 1. The maximum atomic E-state index is 12.4. The van der Waals surface area contributed by atoms with Crippen molar-refractivity contribution in [2.75, 3.05) is 12.4 Å². The number of benzene rings is 1. The number of nitrogens with zero attached hydrogens (tertiary/aromatic N) is 1. The van der Waals surface area contributed by atoms with Gasteiger partial charge in [-0.1, -0.05) is 23.5 Å². The Balaban J connectivity index is 1.73. The second kappa shape index (κ2) is 6.13. The summed E-state index contributed by atoms with van der Waals surface area (Å²) >= 11 is 1.29. The van der Waals surface area contributed by atoms with Gasteiger partial charge in [0.2, 0.25) is 0 Å². The molecule has 3 rings (SSSR count). The van der Waals surface area contributed by atoms with Crippen LogP contribution in [0.1, 0.15) is 29.6 Å². The van der Waals surface area contributed by atoms with E-state index in [0.29, 0.717) is 21.5 Å². The Labute approximate surface area is 126 Å². The lowest BCUT2D eigenvalue weighted by Gasteiger charge is -2.27. The number of methoxy groups -OCH3 is 1. The molecule has 1 amide bonds. The maximum absolute atomic E-state index is 12.4. The summed E-state index contributed by atoms with van der Waals surface area (Å²) in [5.41, 5.74) is 0.526. The molecule has 0 unspecified atom stereocenters. The summed E-state index contributed by atoms with van der Waals surface area (Å²) in [7, 11) is 1.57. The van der Waals surface area contributed by atoms with E-state index in [-0.39, 0.29) is 12.0 Å². The average molecular weight is 304 g/mol. The molecule has 0 spiro atoms. The minimum atomic E-state index is -0.220. The average Bonchev–Trinajstić information content (AvgIpc) is 2.91. The maximum Gasteiger partial charge on any atom is 0.261 e. The minimum Gasteiger partial charge on any atom is -0.490 e. The zero-order valence-electron chi connectivity index (χ0n) is 11.7. The van der Waals surface area contributed by atoms with Crippen LogP contribution in [0.4, 0.5) is 5.13 Å². The molecule has 6 heteroatoms. The summed E-state index contributed by atoms with van der Waals surface area (Å²) in [5.74, 6) is 0.408. The lowest BCUT2D eigenvalue weighted by molar-refractivity contribution is 0.0992. The van der Waals surface area contributed by atoms with Gasteiger partial charge < -0.3 is 9.47 Å². The minimum absolute atomic E-state index is 0.220. The quantitative estimate of drug-likeness (QED) is 0.920. The van der Waals surface area contributed by atoms with Crippen molar-refractivity contribution in [1.29, 1.82) is 0 Å². The van der Waals surface area contributed by atoms with Crippen LogP contribution in [0.3, 0.4) is 0 Å². The lowest BCUT2D eigenvalue weighted by atomic mass is 9.96. The SMILES string of the molecule is COc1cnc(NC(=O)c2ccccc2OC2CCC2)s1. The van der Waals surface area contributed by atoms with Crippen LogP contribution in [0, 0.1) is 0 Å². The molecule has 0 bridgehead atoms. The fourth-order valence-corrected chi connectivity index (χ4v) is 2.63. The Kier molecular flexibility index (Phi) is 4.06. The van der Waals surface area contributed by atoms with Crippen molar-refractivity contribution in [1.82, 2.24) is 4.98 Å². The van der Waals surface area contributed by atoms with Gasteiger partial charge in [0.05, 0.1) is 25.0 Å². The van der Waals surface area contributed by atoms with Gasteiger partial charge in [0.25, 0.3) is 5.91 Å². The first-order valence-electron chi connectivity index (χ1n) is 6.83. The zero-order valence-corrected chi connectivity index (χ0v) is 12.5. The van der Waals surface area contributed by atoms with Crippen LogP contribution in [-0.2, 0) is 0 Å². The topological polar surface area (TPSA) is 60.5 Å². The Morgan fingerprint density at radius 2 is 2.19 bits per heavy atom. The Hall–Kier alpha value is -2.08. The number of anilines is 1. The van der Waals surface area contributed by atoms with Crippen LogP contribution in [-0.4, -0.2) is 24.1 Å². The zero-order chi connectivity index (χ0) is 14.7. The smallest absolute Gasteiger partial charge is 0.261 e. The van der Waals surface area contributed by atoms with Crippen LogP contribution in [0.25, 0.3) is 0 Å². The fraction of sp³-hybridized carbons (Fsp3) is 0.333. The molecule has 1 heterocycles. The molecule has 1 N–H and O–H groups in total. The van der Waals surface area contributed by atoms with Crippen molar-refractivity contribution >= 4 is 22.4 Å². The van der Waals surface area contributed by atoms with E-state index in [0.717, 1.165) is 12.8 Å². The van der Waals surface area contributed by atoms with Crippen molar-refractivity contribution in [3.63, 3.8) is 0 Å². The molecular formula is C15H16N2O3S. The number of amides is 1. The van der Waals surface area contributed by atoms with E-state index >= 15 is 0 Å². The predicted molar refractivity (Wildman–Crippen MR) is 81.3 cm³/mol. The highest BCUT2D eigenvalue weighted by Gasteiger charge is 2.22. The Morgan fingerprint density at radius 3 is 2.86 bits per heavy atom. The number of thiazole rings is 1. The number of hydrogen-bond donors (Lipinski definition) is 1. The molecule has 0 aliphatic heterocycles. The van der Waals surface area contributed by atoms with E-state index in [9.17, 15) is 4.79 Å². The first kappa shape index (κ1) is 13.9. The molecule has 110 valence electrons. The van der Waals surface area contributed by atoms with Crippen molar-refractivity contribution in [3.8, 4) is 10.8 Å². The number of carbonyl (C=O) groups is 1. The second-order valence-corrected chi connectivity index (χ2v) is 5.80. The van der Waals surface area contributed by atoms with Crippen LogP contribution >= 0.6 is 11.3 Å². The number of rotatable bonds is 5. The Bertz CT molecular complexity index is 637. The molecule has 2 aromatic rings. The molecule has 0 saturated heterocycles. The predicted octanol–water partition coefficient (Wildman–Crippen LogP) is 3.34. The molecule has 1 aromatic heterocycles. The first-order chi connectivity index (χ1) is 10.3. The van der Waals surface area contributed by atoms with Gasteiger partial charge in [0.1, 0.15) is 5.75 Å². The third kappa shape index (κ3) is 3.16. The molecule has 1 aromatic carbocycles. The van der Waals surface area contributed by atoms with E-state index < -0.39 is 0 Å². The summed E-state index contributed by atoms with van der Waals surface area (Å²) < 4.78 is 10.9. The molecular weight excluding hydrogens is 288 g/mol. The lowest BCUT2D eigenvalue weighted by Crippen LogP contribution is -2.26. The summed E-state index contributed by atoms with van der Waals surface area (Å²) in [6, 6.07) is 7.28. The monoisotopic (exact) mass is 304 g/mol. The highest BCUT2D eigenvalue weighted by atomic mass is 32.1. The number of nitrogens with one attached hydrogen (secondary N) is 1. The summed E-state index contributed by atoms with van der Waals surface area (Å²) in [5, 5.41) is 3.94. The van der Waals surface area contributed by atoms with E-state index in [4.69, 9.17) is 9.47 Å². The summed E-state index contributed by atoms with van der Waals surface area (Å²) in [6.45, 7) is 0. The third-order valence-electron chi connectivity index (χ3n) is 3.38. The summed E-state index contributed by atoms with van der Waals surface area (Å²) in [4.78, 5) is 16.4. The van der Waals surface area contributed by atoms with Gasteiger partial charge in [-0.3, -0.25) is 10.1 Å². The van der Waals surface area contributed by atoms with Crippen molar-refractivity contribution in [2.24, 2.45) is 0 Å².